The molecule has 0 aromatic rings. The van der Waals surface area contributed by atoms with Gasteiger partial charge in [-0.1, -0.05) is 0 Å². The fourth-order valence-electron chi connectivity index (χ4n) is 0. The zero-order valence-corrected chi connectivity index (χ0v) is 7.41. The van der Waals surface area contributed by atoms with E-state index in [0.29, 0.717) is 0 Å². The molecule has 0 saturated heterocycles. The summed E-state index contributed by atoms with van der Waals surface area (Å²) in [5, 5.41) is 15.3. The third-order valence-electron chi connectivity index (χ3n) is 0. The van der Waals surface area contributed by atoms with Crippen LogP contribution < -0.4 is 34.7 Å². The maximum absolute atomic E-state index is 8.70. The van der Waals surface area contributed by atoms with Crippen molar-refractivity contribution in [1.82, 2.24) is 0 Å². The molecule has 6 nitrogen and oxygen atoms in total. The van der Waals surface area contributed by atoms with E-state index < -0.39 is 14.4 Å². The van der Waals surface area contributed by atoms with E-state index in [1.807, 2.05) is 0 Å². The Balaban J connectivity index is -0.0000000720. The summed E-state index contributed by atoms with van der Waals surface area (Å²) in [7, 11) is -2.87. The van der Waals surface area contributed by atoms with Crippen molar-refractivity contribution in [3.8, 4) is 0 Å². The summed E-state index contributed by atoms with van der Waals surface area (Å²) in [4.78, 5) is 22.7. The summed E-state index contributed by atoms with van der Waals surface area (Å²) in [5.74, 6) is 0. The Kier molecular flexibility index (Phi) is 20.0. The SMILES string of the molecule is O=C([O-])O.O=[P+](O)O.[Na+]. The third kappa shape index (κ3) is 3900. The van der Waals surface area contributed by atoms with Crippen molar-refractivity contribution in [2.75, 3.05) is 0 Å². The first-order valence-electron chi connectivity index (χ1n) is 1.21. The normalized spacial score (nSPS) is 5.56. The molecule has 48 valence electrons. The zero-order chi connectivity index (χ0) is 7.15. The van der Waals surface area contributed by atoms with Crippen molar-refractivity contribution in [3.05, 3.63) is 0 Å². The molecule has 3 N–H and O–H groups in total. The van der Waals surface area contributed by atoms with Gasteiger partial charge in [-0.25, -0.2) is 0 Å². The van der Waals surface area contributed by atoms with E-state index in [9.17, 15) is 0 Å². The average Bonchev–Trinajstić information content (AvgIpc) is 1.25. The molecule has 0 bridgehead atoms. The van der Waals surface area contributed by atoms with Gasteiger partial charge >= 0.3 is 37.8 Å². The first-order chi connectivity index (χ1) is 3.46. The number of carbonyl (C=O) groups is 1. The minimum absolute atomic E-state index is 0. The second-order valence-corrected chi connectivity index (χ2v) is 1.02. The van der Waals surface area contributed by atoms with Gasteiger partial charge in [0, 0.05) is 4.57 Å². The van der Waals surface area contributed by atoms with Gasteiger partial charge in [-0.3, -0.25) is 0 Å². The summed E-state index contributed by atoms with van der Waals surface area (Å²) in [5.41, 5.74) is 0. The average molecular weight is 165 g/mol. The van der Waals surface area contributed by atoms with Gasteiger partial charge in [0.2, 0.25) is 6.16 Å². The van der Waals surface area contributed by atoms with Gasteiger partial charge in [-0.2, -0.15) is 0 Å². The molecule has 0 aliphatic heterocycles. The second kappa shape index (κ2) is 11.1. The fourth-order valence-corrected chi connectivity index (χ4v) is 0. The van der Waals surface area contributed by atoms with Crippen LogP contribution in [0.15, 0.2) is 0 Å². The van der Waals surface area contributed by atoms with Gasteiger partial charge in [0.25, 0.3) is 0 Å². The topological polar surface area (TPSA) is 118 Å². The number of carboxylic acid groups (broad SMARTS) is 2. The predicted molar refractivity (Wildman–Crippen MR) is 20.1 cm³/mol. The molecule has 0 aromatic carbocycles. The molecular weight excluding hydrogens is 162 g/mol. The summed E-state index contributed by atoms with van der Waals surface area (Å²) < 4.78 is 8.70. The molecule has 0 aliphatic rings. The number of hydrogen-bond donors (Lipinski definition) is 3. The van der Waals surface area contributed by atoms with Crippen LogP contribution >= 0.6 is 8.25 Å². The first kappa shape index (κ1) is 16.1. The Hall–Kier alpha value is 0.290. The third-order valence-corrected chi connectivity index (χ3v) is 0. The van der Waals surface area contributed by atoms with E-state index in [1.165, 1.54) is 0 Å². The molecule has 0 unspecified atom stereocenters. The molecule has 0 radical (unpaired) electrons. The predicted octanol–water partition coefficient (Wildman–Crippen LogP) is -4.48. The Morgan fingerprint density at radius 1 is 1.44 bits per heavy atom. The molecule has 0 aliphatic carbocycles. The van der Waals surface area contributed by atoms with Crippen LogP contribution in [0.1, 0.15) is 0 Å². The molecule has 0 rings (SSSR count). The summed E-state index contributed by atoms with van der Waals surface area (Å²) >= 11 is 0. The Morgan fingerprint density at radius 3 is 1.44 bits per heavy atom. The molecule has 0 fully saturated rings. The van der Waals surface area contributed by atoms with Crippen LogP contribution in [0.5, 0.6) is 0 Å². The van der Waals surface area contributed by atoms with Crippen LogP contribution in [-0.2, 0) is 4.57 Å². The van der Waals surface area contributed by atoms with Gasteiger partial charge in [0.1, 0.15) is 0 Å². The molecule has 0 spiro atoms. The van der Waals surface area contributed by atoms with Crippen LogP contribution in [0.3, 0.4) is 0 Å². The van der Waals surface area contributed by atoms with Gasteiger partial charge in [-0.05, 0) is 0 Å². The first-order valence-corrected chi connectivity index (χ1v) is 2.38. The van der Waals surface area contributed by atoms with Crippen molar-refractivity contribution in [2.24, 2.45) is 0 Å². The van der Waals surface area contributed by atoms with Crippen molar-refractivity contribution < 1.29 is 58.9 Å². The maximum atomic E-state index is 8.70. The molecule has 0 aromatic heterocycles. The van der Waals surface area contributed by atoms with Crippen molar-refractivity contribution in [3.63, 3.8) is 0 Å². The van der Waals surface area contributed by atoms with E-state index in [1.54, 1.807) is 0 Å². The van der Waals surface area contributed by atoms with Crippen LogP contribution in [0.2, 0.25) is 0 Å². The van der Waals surface area contributed by atoms with Crippen molar-refractivity contribution in [2.45, 2.75) is 0 Å². The fraction of sp³-hybridized carbons (Fsp3) is 0. The van der Waals surface area contributed by atoms with E-state index in [4.69, 9.17) is 29.4 Å². The monoisotopic (exact) mass is 165 g/mol. The van der Waals surface area contributed by atoms with Gasteiger partial charge in [-0.15, -0.1) is 9.79 Å². The summed E-state index contributed by atoms with van der Waals surface area (Å²) in [6.07, 6.45) is -2.08. The summed E-state index contributed by atoms with van der Waals surface area (Å²) in [6, 6.07) is 0. The van der Waals surface area contributed by atoms with Gasteiger partial charge in [0.15, 0.2) is 0 Å². The molecule has 0 amide bonds. The van der Waals surface area contributed by atoms with E-state index in [2.05, 4.69) is 0 Å². The zero-order valence-electron chi connectivity index (χ0n) is 4.51. The van der Waals surface area contributed by atoms with Crippen molar-refractivity contribution in [1.29, 1.82) is 0 Å². The maximum Gasteiger partial charge on any atom is 1.00 e. The number of rotatable bonds is 0. The van der Waals surface area contributed by atoms with Gasteiger partial charge in [0.05, 0.1) is 0 Å². The number of hydrogen-bond acceptors (Lipinski definition) is 3. The van der Waals surface area contributed by atoms with E-state index in [0.717, 1.165) is 0 Å². The van der Waals surface area contributed by atoms with Crippen LogP contribution in [0.4, 0.5) is 4.79 Å². The molecular formula is CH3NaO6P+. The molecule has 0 saturated carbocycles. The van der Waals surface area contributed by atoms with Crippen LogP contribution in [-0.4, -0.2) is 21.0 Å². The standard InChI is InChI=1S/CH2O3.Na.HO3P/c2-1(3)4;;1-4(2)3/h(H2,2,3,4);;(H-,1,2,3)/q;+1;. The van der Waals surface area contributed by atoms with Crippen LogP contribution in [0, 0.1) is 0 Å². The quantitative estimate of drug-likeness (QED) is 0.246. The summed E-state index contributed by atoms with van der Waals surface area (Å²) in [6.45, 7) is 0. The van der Waals surface area contributed by atoms with Gasteiger partial charge < -0.3 is 15.0 Å². The second-order valence-electron chi connectivity index (χ2n) is 0.519. The molecule has 9 heavy (non-hydrogen) atoms. The Labute approximate surface area is 73.4 Å². The smallest absolute Gasteiger partial charge is 0.565 e. The minimum atomic E-state index is -2.87. The molecule has 8 heteroatoms. The van der Waals surface area contributed by atoms with E-state index in [-0.39, 0.29) is 29.6 Å². The largest absolute Gasteiger partial charge is 1.00 e. The van der Waals surface area contributed by atoms with Crippen molar-refractivity contribution >= 4 is 14.4 Å². The Bertz CT molecular complexity index is 71.1. The molecule has 0 heterocycles. The van der Waals surface area contributed by atoms with E-state index >= 15 is 0 Å². The minimum Gasteiger partial charge on any atom is -0.565 e. The Morgan fingerprint density at radius 2 is 1.44 bits per heavy atom. The van der Waals surface area contributed by atoms with Crippen LogP contribution in [0.25, 0.3) is 0 Å². The molecule has 0 atom stereocenters.